The lowest BCUT2D eigenvalue weighted by molar-refractivity contribution is -0.00872. The van der Waals surface area contributed by atoms with Crippen LogP contribution < -0.4 is 14.8 Å². The highest BCUT2D eigenvalue weighted by Gasteiger charge is 2.31. The number of benzene rings is 2. The molecule has 1 aliphatic rings. The molecule has 0 aliphatic carbocycles. The van der Waals surface area contributed by atoms with E-state index in [2.05, 4.69) is 5.32 Å². The van der Waals surface area contributed by atoms with Crippen LogP contribution in [0.4, 0.5) is 14.9 Å². The van der Waals surface area contributed by atoms with E-state index in [0.717, 1.165) is 6.07 Å². The van der Waals surface area contributed by atoms with E-state index in [9.17, 15) is 14.0 Å². The molecule has 11 heteroatoms. The summed E-state index contributed by atoms with van der Waals surface area (Å²) in [7, 11) is 1.56. The molecule has 1 N–H and O–H groups in total. The SMILES string of the molecule is COCCOCOc1ccc(Cl)cc1C(=O)Nc1ccc(OC2CCN(C(=O)OC(C)(C)C)C2)c(F)c1. The van der Waals surface area contributed by atoms with Gasteiger partial charge in [0.25, 0.3) is 5.91 Å². The number of methoxy groups -OCH3 is 1. The van der Waals surface area contributed by atoms with Gasteiger partial charge >= 0.3 is 6.09 Å². The topological polar surface area (TPSA) is 95.6 Å². The van der Waals surface area contributed by atoms with Crippen LogP contribution in [0.3, 0.4) is 0 Å². The van der Waals surface area contributed by atoms with Gasteiger partial charge in [-0.2, -0.15) is 0 Å². The largest absolute Gasteiger partial charge is 0.485 e. The Hall–Kier alpha value is -3.08. The summed E-state index contributed by atoms with van der Waals surface area (Å²) in [6.45, 7) is 6.79. The molecule has 0 spiro atoms. The van der Waals surface area contributed by atoms with E-state index in [1.807, 2.05) is 0 Å². The van der Waals surface area contributed by atoms with E-state index in [1.165, 1.54) is 23.1 Å². The van der Waals surface area contributed by atoms with E-state index in [4.69, 9.17) is 35.3 Å². The van der Waals surface area contributed by atoms with Crippen molar-refractivity contribution in [2.24, 2.45) is 0 Å². The molecule has 2 aromatic rings. The van der Waals surface area contributed by atoms with Gasteiger partial charge < -0.3 is 33.9 Å². The molecule has 0 bridgehead atoms. The number of hydrogen-bond donors (Lipinski definition) is 1. The van der Waals surface area contributed by atoms with Gasteiger partial charge in [0.2, 0.25) is 0 Å². The predicted octanol–water partition coefficient (Wildman–Crippen LogP) is 5.12. The van der Waals surface area contributed by atoms with Crippen molar-refractivity contribution in [3.8, 4) is 11.5 Å². The Morgan fingerprint density at radius 3 is 2.59 bits per heavy atom. The molecule has 1 aliphatic heterocycles. The maximum absolute atomic E-state index is 14.8. The number of hydrogen-bond acceptors (Lipinski definition) is 7. The minimum absolute atomic E-state index is 0.0222. The lowest BCUT2D eigenvalue weighted by Crippen LogP contribution is -2.36. The fourth-order valence-electron chi connectivity index (χ4n) is 3.48. The van der Waals surface area contributed by atoms with E-state index in [1.54, 1.807) is 40.0 Å². The van der Waals surface area contributed by atoms with Gasteiger partial charge in [-0.25, -0.2) is 9.18 Å². The van der Waals surface area contributed by atoms with Gasteiger partial charge in [-0.3, -0.25) is 4.79 Å². The summed E-state index contributed by atoms with van der Waals surface area (Å²) in [5.74, 6) is -0.904. The molecular weight excluding hydrogens is 507 g/mol. The Balaban J connectivity index is 1.59. The lowest BCUT2D eigenvalue weighted by Gasteiger charge is -2.24. The van der Waals surface area contributed by atoms with Gasteiger partial charge in [-0.05, 0) is 51.1 Å². The fraction of sp³-hybridized carbons (Fsp3) is 0.462. The van der Waals surface area contributed by atoms with Crippen LogP contribution in [0.25, 0.3) is 0 Å². The summed E-state index contributed by atoms with van der Waals surface area (Å²) in [4.78, 5) is 26.7. The van der Waals surface area contributed by atoms with Crippen LogP contribution in [0.2, 0.25) is 5.02 Å². The monoisotopic (exact) mass is 538 g/mol. The number of ether oxygens (including phenoxy) is 5. The molecule has 37 heavy (non-hydrogen) atoms. The van der Waals surface area contributed by atoms with Crippen molar-refractivity contribution < 1.29 is 37.7 Å². The molecule has 0 aromatic heterocycles. The molecule has 0 saturated carbocycles. The maximum atomic E-state index is 14.8. The van der Waals surface area contributed by atoms with Crippen molar-refractivity contribution in [2.75, 3.05) is 45.5 Å². The number of anilines is 1. The Morgan fingerprint density at radius 2 is 1.89 bits per heavy atom. The Labute approximate surface area is 220 Å². The molecule has 1 heterocycles. The maximum Gasteiger partial charge on any atom is 0.410 e. The minimum Gasteiger partial charge on any atom is -0.485 e. The smallest absolute Gasteiger partial charge is 0.410 e. The Bertz CT molecular complexity index is 1090. The van der Waals surface area contributed by atoms with Crippen LogP contribution in [0, 0.1) is 5.82 Å². The van der Waals surface area contributed by atoms with Crippen molar-refractivity contribution in [1.29, 1.82) is 0 Å². The summed E-state index contributed by atoms with van der Waals surface area (Å²) in [6, 6.07) is 8.70. The highest BCUT2D eigenvalue weighted by atomic mass is 35.5. The van der Waals surface area contributed by atoms with E-state index in [-0.39, 0.29) is 35.6 Å². The van der Waals surface area contributed by atoms with Gasteiger partial charge in [-0.1, -0.05) is 11.6 Å². The number of likely N-dealkylation sites (tertiary alicyclic amines) is 1. The van der Waals surface area contributed by atoms with Crippen LogP contribution in [0.1, 0.15) is 37.6 Å². The van der Waals surface area contributed by atoms with E-state index < -0.39 is 23.4 Å². The first kappa shape index (κ1) is 28.5. The third kappa shape index (κ3) is 8.77. The van der Waals surface area contributed by atoms with E-state index in [0.29, 0.717) is 37.7 Å². The second-order valence-electron chi connectivity index (χ2n) is 9.36. The highest BCUT2D eigenvalue weighted by molar-refractivity contribution is 6.31. The standard InChI is InChI=1S/C26H32ClFN2O7/c1-26(2,3)37-25(32)30-10-9-19(15-30)36-23-8-6-18(14-21(23)28)29-24(31)20-13-17(27)5-7-22(20)35-16-34-12-11-33-4/h5-8,13-14,19H,9-12,15-16H2,1-4H3,(H,29,31). The first-order valence-corrected chi connectivity index (χ1v) is 12.2. The zero-order valence-corrected chi connectivity index (χ0v) is 22.1. The number of halogens is 2. The second-order valence-corrected chi connectivity index (χ2v) is 9.79. The Morgan fingerprint density at radius 1 is 1.14 bits per heavy atom. The molecule has 2 amide bonds. The third-order valence-corrected chi connectivity index (χ3v) is 5.43. The van der Waals surface area contributed by atoms with E-state index >= 15 is 0 Å². The molecule has 3 rings (SSSR count). The predicted molar refractivity (Wildman–Crippen MR) is 136 cm³/mol. The van der Waals surface area contributed by atoms with Crippen LogP contribution in [0.5, 0.6) is 11.5 Å². The van der Waals surface area contributed by atoms with Crippen molar-refractivity contribution in [1.82, 2.24) is 4.90 Å². The normalized spacial score (nSPS) is 15.4. The average Bonchev–Trinajstić information content (AvgIpc) is 3.29. The minimum atomic E-state index is -0.650. The van der Waals surface area contributed by atoms with Crippen molar-refractivity contribution in [3.63, 3.8) is 0 Å². The number of amides is 2. The molecule has 1 saturated heterocycles. The van der Waals surface area contributed by atoms with Crippen molar-refractivity contribution in [2.45, 2.75) is 38.9 Å². The average molecular weight is 539 g/mol. The number of rotatable bonds is 10. The summed E-state index contributed by atoms with van der Waals surface area (Å²) in [5, 5.41) is 2.98. The zero-order chi connectivity index (χ0) is 27.0. The molecule has 1 unspecified atom stereocenters. The number of nitrogens with one attached hydrogen (secondary N) is 1. The van der Waals surface area contributed by atoms with Crippen molar-refractivity contribution >= 4 is 29.3 Å². The summed E-state index contributed by atoms with van der Waals surface area (Å²) < 4.78 is 41.7. The van der Waals surface area contributed by atoms with Gasteiger partial charge in [-0.15, -0.1) is 0 Å². The second kappa shape index (κ2) is 12.9. The van der Waals surface area contributed by atoms with Gasteiger partial charge in [0.1, 0.15) is 17.5 Å². The molecule has 1 fully saturated rings. The van der Waals surface area contributed by atoms with Gasteiger partial charge in [0.05, 0.1) is 25.3 Å². The summed E-state index contributed by atoms with van der Waals surface area (Å²) >= 11 is 6.06. The number of nitrogens with zero attached hydrogens (tertiary/aromatic N) is 1. The lowest BCUT2D eigenvalue weighted by atomic mass is 10.1. The first-order valence-electron chi connectivity index (χ1n) is 11.8. The highest BCUT2D eigenvalue weighted by Crippen LogP contribution is 2.28. The van der Waals surface area contributed by atoms with Crippen LogP contribution >= 0.6 is 11.6 Å². The zero-order valence-electron chi connectivity index (χ0n) is 21.3. The molecular formula is C26H32ClFN2O7. The quantitative estimate of drug-likeness (QED) is 0.331. The van der Waals surface area contributed by atoms with Crippen LogP contribution in [-0.2, 0) is 14.2 Å². The number of carbonyl (C=O) groups is 2. The summed E-state index contributed by atoms with van der Waals surface area (Å²) in [5.41, 5.74) is -0.214. The van der Waals surface area contributed by atoms with Gasteiger partial charge in [0, 0.05) is 36.9 Å². The Kier molecular flexibility index (Phi) is 9.96. The third-order valence-electron chi connectivity index (χ3n) is 5.20. The van der Waals surface area contributed by atoms with Crippen molar-refractivity contribution in [3.05, 3.63) is 52.8 Å². The molecule has 1 atom stereocenters. The molecule has 2 aromatic carbocycles. The molecule has 0 radical (unpaired) electrons. The fourth-order valence-corrected chi connectivity index (χ4v) is 3.65. The first-order chi connectivity index (χ1) is 17.6. The molecule has 202 valence electrons. The summed E-state index contributed by atoms with van der Waals surface area (Å²) in [6.07, 6.45) is -0.257. The number of carbonyl (C=O) groups excluding carboxylic acids is 2. The van der Waals surface area contributed by atoms with Gasteiger partial charge in [0.15, 0.2) is 18.4 Å². The molecule has 9 nitrogen and oxygen atoms in total. The van der Waals surface area contributed by atoms with Crippen LogP contribution in [-0.4, -0.2) is 68.8 Å². The van der Waals surface area contributed by atoms with Crippen LogP contribution in [0.15, 0.2) is 36.4 Å².